The molecule has 0 aliphatic rings. The van der Waals surface area contributed by atoms with E-state index < -0.39 is 7.82 Å². The van der Waals surface area contributed by atoms with Gasteiger partial charge in [-0.05, 0) is 51.7 Å². The predicted octanol–water partition coefficient (Wildman–Crippen LogP) is 13.2. The molecule has 0 amide bonds. The molecule has 0 spiro atoms. The maximum Gasteiger partial charge on any atom is 0.472 e. The van der Waals surface area contributed by atoms with Crippen LogP contribution < -0.4 is 0 Å². The van der Waals surface area contributed by atoms with Crippen molar-refractivity contribution >= 4 is 7.82 Å². The highest BCUT2D eigenvalue weighted by Crippen LogP contribution is 2.43. The van der Waals surface area contributed by atoms with Crippen LogP contribution >= 0.6 is 7.82 Å². The summed E-state index contributed by atoms with van der Waals surface area (Å²) in [6.07, 6.45) is 38.9. The minimum atomic E-state index is -3.89. The number of rotatable bonds is 38. The zero-order valence-electron chi connectivity index (χ0n) is 30.3. The summed E-state index contributed by atoms with van der Waals surface area (Å²) in [6, 6.07) is 0. The number of phosphoric ester groups is 1. The zero-order chi connectivity index (χ0) is 32.2. The van der Waals surface area contributed by atoms with Crippen molar-refractivity contribution in [3.8, 4) is 0 Å². The molecule has 44 heavy (non-hydrogen) atoms. The summed E-state index contributed by atoms with van der Waals surface area (Å²) < 4.78 is 22.5. The quantitative estimate of drug-likeness (QED) is 0.0535. The number of hydrogen-bond acceptors (Lipinski definition) is 4. The molecular weight excluding hydrogens is 565 g/mol. The highest BCUT2D eigenvalue weighted by molar-refractivity contribution is 7.47. The van der Waals surface area contributed by atoms with Crippen LogP contribution in [0.1, 0.15) is 213 Å². The van der Waals surface area contributed by atoms with E-state index in [1.165, 1.54) is 187 Å². The van der Waals surface area contributed by atoms with Crippen LogP contribution in [0.15, 0.2) is 0 Å². The second kappa shape index (κ2) is 35.9. The lowest BCUT2D eigenvalue weighted by Gasteiger charge is -2.22. The monoisotopic (exact) mass is 646 g/mol. The van der Waals surface area contributed by atoms with E-state index in [1.807, 2.05) is 0 Å². The standard InChI is InChI=1S/C38H80NO4P/c1-4-7-10-13-16-18-20-24-29-34-39(35-30-25-21-19-17-14-11-8-5-2)36-31-26-23-28-33-38-43-44(40,41)42-37-32-27-22-15-12-9-6-3/h4-38H2,1-3H3,(H,40,41). The first kappa shape index (κ1) is 44.1. The molecule has 0 aliphatic carbocycles. The number of hydrogen-bond donors (Lipinski definition) is 1. The fourth-order valence-electron chi connectivity index (χ4n) is 6.05. The van der Waals surface area contributed by atoms with E-state index in [0.717, 1.165) is 25.7 Å². The van der Waals surface area contributed by atoms with Crippen molar-refractivity contribution in [2.24, 2.45) is 0 Å². The van der Waals surface area contributed by atoms with Crippen LogP contribution in [0.4, 0.5) is 0 Å². The Hall–Kier alpha value is 0.0700. The lowest BCUT2D eigenvalue weighted by Crippen LogP contribution is -2.27. The minimum absolute atomic E-state index is 0.314. The van der Waals surface area contributed by atoms with Crippen LogP contribution in [0.5, 0.6) is 0 Å². The van der Waals surface area contributed by atoms with Gasteiger partial charge in [0.1, 0.15) is 0 Å². The SMILES string of the molecule is CCCCCCCCCCCN(CCCCCCCCCCC)CCCCCCCOP(=O)(O)OCCCCCCCCC. The Morgan fingerprint density at radius 3 is 0.886 bits per heavy atom. The number of phosphoric acid groups is 1. The van der Waals surface area contributed by atoms with Gasteiger partial charge in [0.2, 0.25) is 0 Å². The van der Waals surface area contributed by atoms with Crippen molar-refractivity contribution in [1.82, 2.24) is 4.90 Å². The molecule has 6 heteroatoms. The van der Waals surface area contributed by atoms with Crippen LogP contribution in [-0.2, 0) is 13.6 Å². The van der Waals surface area contributed by atoms with Gasteiger partial charge in [-0.15, -0.1) is 0 Å². The predicted molar refractivity (Wildman–Crippen MR) is 194 cm³/mol. The molecule has 266 valence electrons. The summed E-state index contributed by atoms with van der Waals surface area (Å²) in [5.74, 6) is 0. The van der Waals surface area contributed by atoms with Gasteiger partial charge in [0, 0.05) is 0 Å². The van der Waals surface area contributed by atoms with Crippen molar-refractivity contribution in [1.29, 1.82) is 0 Å². The van der Waals surface area contributed by atoms with Crippen molar-refractivity contribution in [2.75, 3.05) is 32.8 Å². The Balaban J connectivity index is 3.98. The molecule has 5 nitrogen and oxygen atoms in total. The van der Waals surface area contributed by atoms with E-state index in [4.69, 9.17) is 9.05 Å². The number of unbranched alkanes of at least 4 members (excludes halogenated alkanes) is 26. The summed E-state index contributed by atoms with van der Waals surface area (Å²) >= 11 is 0. The normalized spacial score (nSPS) is 13.2. The molecule has 1 unspecified atom stereocenters. The Kier molecular flexibility index (Phi) is 36.0. The molecule has 0 rings (SSSR count). The topological polar surface area (TPSA) is 59.0 Å². The fraction of sp³-hybridized carbons (Fsp3) is 1.00. The maximum atomic E-state index is 12.1. The average molecular weight is 646 g/mol. The highest BCUT2D eigenvalue weighted by atomic mass is 31.2. The van der Waals surface area contributed by atoms with Gasteiger partial charge >= 0.3 is 7.82 Å². The Bertz CT molecular complexity index is 569. The fourth-order valence-corrected chi connectivity index (χ4v) is 6.85. The van der Waals surface area contributed by atoms with E-state index in [0.29, 0.717) is 13.2 Å². The lowest BCUT2D eigenvalue weighted by atomic mass is 10.1. The van der Waals surface area contributed by atoms with E-state index in [1.54, 1.807) is 0 Å². The van der Waals surface area contributed by atoms with Crippen LogP contribution in [0.2, 0.25) is 0 Å². The second-order valence-electron chi connectivity index (χ2n) is 13.5. The van der Waals surface area contributed by atoms with Gasteiger partial charge < -0.3 is 9.79 Å². The van der Waals surface area contributed by atoms with Crippen LogP contribution in [0, 0.1) is 0 Å². The van der Waals surface area contributed by atoms with Gasteiger partial charge in [-0.25, -0.2) is 4.57 Å². The molecule has 1 atom stereocenters. The molecular formula is C38H80NO4P. The van der Waals surface area contributed by atoms with Crippen LogP contribution in [0.25, 0.3) is 0 Å². The Morgan fingerprint density at radius 2 is 0.614 bits per heavy atom. The molecule has 0 bridgehead atoms. The third-order valence-corrected chi connectivity index (χ3v) is 10.0. The molecule has 0 aromatic rings. The largest absolute Gasteiger partial charge is 0.472 e. The summed E-state index contributed by atoms with van der Waals surface area (Å²) in [5, 5.41) is 0. The Labute approximate surface area is 277 Å². The van der Waals surface area contributed by atoms with E-state index in [-0.39, 0.29) is 0 Å². The van der Waals surface area contributed by atoms with Crippen LogP contribution in [0.3, 0.4) is 0 Å². The third-order valence-electron chi connectivity index (χ3n) is 9.03. The van der Waals surface area contributed by atoms with Gasteiger partial charge in [0.25, 0.3) is 0 Å². The second-order valence-corrected chi connectivity index (χ2v) is 15.0. The molecule has 0 saturated carbocycles. The molecule has 0 fully saturated rings. The summed E-state index contributed by atoms with van der Waals surface area (Å²) in [6.45, 7) is 11.2. The molecule has 0 saturated heterocycles. The average Bonchev–Trinajstić information content (AvgIpc) is 3.01. The van der Waals surface area contributed by atoms with E-state index in [9.17, 15) is 9.46 Å². The highest BCUT2D eigenvalue weighted by Gasteiger charge is 2.20. The van der Waals surface area contributed by atoms with Gasteiger partial charge in [-0.2, -0.15) is 0 Å². The van der Waals surface area contributed by atoms with Crippen molar-refractivity contribution in [3.05, 3.63) is 0 Å². The first-order valence-electron chi connectivity index (χ1n) is 19.9. The molecule has 0 aliphatic heterocycles. The molecule has 0 heterocycles. The van der Waals surface area contributed by atoms with E-state index >= 15 is 0 Å². The first-order chi connectivity index (χ1) is 21.6. The van der Waals surface area contributed by atoms with Gasteiger partial charge in [0.15, 0.2) is 0 Å². The molecule has 1 N–H and O–H groups in total. The molecule has 0 radical (unpaired) electrons. The maximum absolute atomic E-state index is 12.1. The summed E-state index contributed by atoms with van der Waals surface area (Å²) in [4.78, 5) is 12.7. The summed E-state index contributed by atoms with van der Waals surface area (Å²) in [7, 11) is -3.89. The van der Waals surface area contributed by atoms with Crippen molar-refractivity contribution in [3.63, 3.8) is 0 Å². The van der Waals surface area contributed by atoms with E-state index in [2.05, 4.69) is 25.7 Å². The summed E-state index contributed by atoms with van der Waals surface area (Å²) in [5.41, 5.74) is 0. The third kappa shape index (κ3) is 34.9. The van der Waals surface area contributed by atoms with Crippen molar-refractivity contribution < 1.29 is 18.5 Å². The number of nitrogens with zero attached hydrogens (tertiary/aromatic N) is 1. The lowest BCUT2D eigenvalue weighted by molar-refractivity contribution is 0.145. The van der Waals surface area contributed by atoms with Gasteiger partial charge in [-0.1, -0.05) is 181 Å². The molecule has 0 aromatic heterocycles. The van der Waals surface area contributed by atoms with Crippen LogP contribution in [-0.4, -0.2) is 42.6 Å². The zero-order valence-corrected chi connectivity index (χ0v) is 31.2. The minimum Gasteiger partial charge on any atom is -0.303 e. The van der Waals surface area contributed by atoms with Crippen molar-refractivity contribution in [2.45, 2.75) is 213 Å². The Morgan fingerprint density at radius 1 is 0.386 bits per heavy atom. The van der Waals surface area contributed by atoms with Gasteiger partial charge in [0.05, 0.1) is 13.2 Å². The molecule has 0 aromatic carbocycles. The van der Waals surface area contributed by atoms with Gasteiger partial charge in [-0.3, -0.25) is 9.05 Å². The first-order valence-corrected chi connectivity index (χ1v) is 21.4. The smallest absolute Gasteiger partial charge is 0.303 e.